The molecule has 1 saturated heterocycles. The molecule has 1 aromatic heterocycles. The summed E-state index contributed by atoms with van der Waals surface area (Å²) in [5.41, 5.74) is 2.39. The molecule has 0 radical (unpaired) electrons. The van der Waals surface area contributed by atoms with E-state index >= 15 is 0 Å². The van der Waals surface area contributed by atoms with Crippen molar-refractivity contribution in [1.29, 1.82) is 0 Å². The Bertz CT molecular complexity index is 741. The van der Waals surface area contributed by atoms with Crippen molar-refractivity contribution in [3.63, 3.8) is 0 Å². The van der Waals surface area contributed by atoms with Crippen LogP contribution >= 0.6 is 39.9 Å². The van der Waals surface area contributed by atoms with Gasteiger partial charge >= 0.3 is 0 Å². The van der Waals surface area contributed by atoms with Gasteiger partial charge in [-0.3, -0.25) is 9.98 Å². The highest BCUT2D eigenvalue weighted by molar-refractivity contribution is 14.0. The number of benzene rings is 1. The second-order valence-electron chi connectivity index (χ2n) is 6.80. The molecular formula is C21H29BrIN5. The highest BCUT2D eigenvalue weighted by Gasteiger charge is 2.22. The summed E-state index contributed by atoms with van der Waals surface area (Å²) in [5.74, 6) is 1.49. The molecule has 1 aliphatic rings. The Kier molecular flexibility index (Phi) is 10.0. The summed E-state index contributed by atoms with van der Waals surface area (Å²) in [5, 5.41) is 6.76. The van der Waals surface area contributed by atoms with Gasteiger partial charge in [0.2, 0.25) is 0 Å². The molecule has 1 fully saturated rings. The molecule has 2 aromatic rings. The molecule has 2 heterocycles. The van der Waals surface area contributed by atoms with E-state index < -0.39 is 0 Å². The number of aliphatic imine (C=N–C) groups is 1. The lowest BCUT2D eigenvalue weighted by Crippen LogP contribution is -2.38. The van der Waals surface area contributed by atoms with E-state index in [0.29, 0.717) is 5.92 Å². The third-order valence-electron chi connectivity index (χ3n) is 4.71. The largest absolute Gasteiger partial charge is 0.371 e. The zero-order valence-corrected chi connectivity index (χ0v) is 20.2. The smallest absolute Gasteiger partial charge is 0.191 e. The Labute approximate surface area is 193 Å². The zero-order chi connectivity index (χ0) is 18.9. The fourth-order valence-electron chi connectivity index (χ4n) is 3.31. The van der Waals surface area contributed by atoms with Gasteiger partial charge in [0, 0.05) is 61.2 Å². The fourth-order valence-corrected chi connectivity index (χ4v) is 3.69. The lowest BCUT2D eigenvalue weighted by atomic mass is 10.1. The number of anilines is 1. The molecule has 1 aromatic carbocycles. The first kappa shape index (κ1) is 22.9. The molecule has 0 spiro atoms. The van der Waals surface area contributed by atoms with Crippen molar-refractivity contribution in [3.8, 4) is 0 Å². The average Bonchev–Trinajstić information content (AvgIpc) is 3.16. The van der Waals surface area contributed by atoms with E-state index in [9.17, 15) is 0 Å². The van der Waals surface area contributed by atoms with Crippen molar-refractivity contribution in [2.45, 2.75) is 19.8 Å². The van der Waals surface area contributed by atoms with Gasteiger partial charge in [-0.15, -0.1) is 24.0 Å². The van der Waals surface area contributed by atoms with Crippen LogP contribution in [0.3, 0.4) is 0 Å². The number of aromatic nitrogens is 1. The van der Waals surface area contributed by atoms with Crippen LogP contribution in [-0.4, -0.2) is 43.7 Å². The predicted molar refractivity (Wildman–Crippen MR) is 132 cm³/mol. The van der Waals surface area contributed by atoms with E-state index in [4.69, 9.17) is 4.99 Å². The van der Waals surface area contributed by atoms with Crippen molar-refractivity contribution >= 4 is 51.6 Å². The third-order valence-corrected chi connectivity index (χ3v) is 5.20. The monoisotopic (exact) mass is 557 g/mol. The van der Waals surface area contributed by atoms with Crippen LogP contribution in [0.15, 0.2) is 58.1 Å². The minimum atomic E-state index is 0. The normalized spacial score (nSPS) is 16.6. The Morgan fingerprint density at radius 1 is 1.25 bits per heavy atom. The number of halogens is 2. The van der Waals surface area contributed by atoms with Crippen LogP contribution in [0.2, 0.25) is 0 Å². The summed E-state index contributed by atoms with van der Waals surface area (Å²) in [6.07, 6.45) is 3.92. The molecule has 3 rings (SSSR count). The van der Waals surface area contributed by atoms with Crippen molar-refractivity contribution in [2.24, 2.45) is 10.9 Å². The van der Waals surface area contributed by atoms with Gasteiger partial charge in [-0.2, -0.15) is 0 Å². The van der Waals surface area contributed by atoms with Crippen LogP contribution in [0, 0.1) is 5.92 Å². The first-order valence-electron chi connectivity index (χ1n) is 9.67. The molecule has 5 nitrogen and oxygen atoms in total. The molecule has 1 unspecified atom stereocenters. The van der Waals surface area contributed by atoms with Crippen LogP contribution in [0.5, 0.6) is 0 Å². The molecule has 152 valence electrons. The van der Waals surface area contributed by atoms with E-state index in [1.165, 1.54) is 12.1 Å². The molecule has 1 aliphatic heterocycles. The second-order valence-corrected chi connectivity index (χ2v) is 7.71. The van der Waals surface area contributed by atoms with Crippen LogP contribution in [0.1, 0.15) is 19.0 Å². The van der Waals surface area contributed by atoms with E-state index in [-0.39, 0.29) is 24.0 Å². The van der Waals surface area contributed by atoms with Crippen molar-refractivity contribution < 1.29 is 0 Å². The quantitative estimate of drug-likeness (QED) is 0.306. The molecule has 2 N–H and O–H groups in total. The summed E-state index contributed by atoms with van der Waals surface area (Å²) in [6.45, 7) is 6.81. The maximum atomic E-state index is 4.81. The van der Waals surface area contributed by atoms with Gasteiger partial charge in [-0.25, -0.2) is 0 Å². The van der Waals surface area contributed by atoms with Crippen molar-refractivity contribution in [1.82, 2.24) is 15.6 Å². The van der Waals surface area contributed by atoms with Gasteiger partial charge in [0.1, 0.15) is 0 Å². The highest BCUT2D eigenvalue weighted by Crippen LogP contribution is 2.26. The molecule has 0 saturated carbocycles. The van der Waals surface area contributed by atoms with E-state index in [0.717, 1.165) is 55.3 Å². The lowest BCUT2D eigenvalue weighted by molar-refractivity contribution is 0.599. The van der Waals surface area contributed by atoms with Gasteiger partial charge in [0.25, 0.3) is 0 Å². The maximum absolute atomic E-state index is 4.81. The summed E-state index contributed by atoms with van der Waals surface area (Å²) in [6, 6.07) is 14.6. The van der Waals surface area contributed by atoms with Gasteiger partial charge < -0.3 is 15.5 Å². The second kappa shape index (κ2) is 12.3. The predicted octanol–water partition coefficient (Wildman–Crippen LogP) is 4.09. The van der Waals surface area contributed by atoms with Crippen LogP contribution in [-0.2, 0) is 6.42 Å². The van der Waals surface area contributed by atoms with Crippen molar-refractivity contribution in [2.75, 3.05) is 37.6 Å². The Hall–Kier alpha value is -1.35. The maximum Gasteiger partial charge on any atom is 0.191 e. The molecule has 1 atom stereocenters. The Morgan fingerprint density at radius 2 is 2.14 bits per heavy atom. The third kappa shape index (κ3) is 7.24. The summed E-state index contributed by atoms with van der Waals surface area (Å²) in [4.78, 5) is 11.6. The minimum Gasteiger partial charge on any atom is -0.371 e. The topological polar surface area (TPSA) is 52.6 Å². The highest BCUT2D eigenvalue weighted by atomic mass is 127. The summed E-state index contributed by atoms with van der Waals surface area (Å²) >= 11 is 3.56. The van der Waals surface area contributed by atoms with E-state index in [1.807, 2.05) is 18.3 Å². The van der Waals surface area contributed by atoms with Crippen LogP contribution in [0.4, 0.5) is 5.69 Å². The molecule has 0 aliphatic carbocycles. The molecule has 28 heavy (non-hydrogen) atoms. The van der Waals surface area contributed by atoms with Crippen LogP contribution < -0.4 is 15.5 Å². The Balaban J connectivity index is 0.00000280. The van der Waals surface area contributed by atoms with E-state index in [1.54, 1.807) is 0 Å². The number of guanidine groups is 1. The van der Waals surface area contributed by atoms with Crippen molar-refractivity contribution in [3.05, 3.63) is 58.8 Å². The number of nitrogens with one attached hydrogen (secondary N) is 2. The molecule has 0 bridgehead atoms. The lowest BCUT2D eigenvalue weighted by Gasteiger charge is -2.18. The van der Waals surface area contributed by atoms with E-state index in [2.05, 4.69) is 73.7 Å². The van der Waals surface area contributed by atoms with Gasteiger partial charge in [0.05, 0.1) is 0 Å². The number of hydrogen-bond donors (Lipinski definition) is 2. The minimum absolute atomic E-state index is 0. The van der Waals surface area contributed by atoms with Crippen LogP contribution in [0.25, 0.3) is 0 Å². The number of pyridine rings is 1. The van der Waals surface area contributed by atoms with Gasteiger partial charge in [0.15, 0.2) is 5.96 Å². The summed E-state index contributed by atoms with van der Waals surface area (Å²) in [7, 11) is 0. The fraction of sp³-hybridized carbons (Fsp3) is 0.429. The van der Waals surface area contributed by atoms with Gasteiger partial charge in [-0.05, 0) is 49.6 Å². The summed E-state index contributed by atoms with van der Waals surface area (Å²) < 4.78 is 1.13. The Morgan fingerprint density at radius 3 is 2.89 bits per heavy atom. The molecular weight excluding hydrogens is 529 g/mol. The standard InChI is InChI=1S/C21H28BrN5.HI/c1-2-23-21(25-12-9-19-7-3-4-11-24-19)26-15-17-10-13-27(16-17)20-8-5-6-18(22)14-20;/h3-8,11,14,17H,2,9-10,12-13,15-16H2,1H3,(H2,23,25,26);1H. The zero-order valence-electron chi connectivity index (χ0n) is 16.3. The first-order chi connectivity index (χ1) is 13.2. The number of rotatable bonds is 7. The SMILES string of the molecule is CCNC(=NCC1CCN(c2cccc(Br)c2)C1)NCCc1ccccn1.I. The number of hydrogen-bond acceptors (Lipinski definition) is 3. The average molecular weight is 558 g/mol. The van der Waals surface area contributed by atoms with Gasteiger partial charge in [-0.1, -0.05) is 28.1 Å². The number of nitrogens with zero attached hydrogens (tertiary/aromatic N) is 3. The molecule has 0 amide bonds. The molecule has 7 heteroatoms. The first-order valence-corrected chi connectivity index (χ1v) is 10.5.